The summed E-state index contributed by atoms with van der Waals surface area (Å²) in [4.78, 5) is 19.7. The third-order valence-electron chi connectivity index (χ3n) is 6.19. The molecule has 2 unspecified atom stereocenters. The topological polar surface area (TPSA) is 79.5 Å². The van der Waals surface area contributed by atoms with Gasteiger partial charge in [0.15, 0.2) is 11.5 Å². The summed E-state index contributed by atoms with van der Waals surface area (Å²) in [5.41, 5.74) is 3.43. The summed E-state index contributed by atoms with van der Waals surface area (Å²) in [5, 5.41) is 11.7. The van der Waals surface area contributed by atoms with Crippen LogP contribution in [0, 0.1) is 12.7 Å². The van der Waals surface area contributed by atoms with Crippen molar-refractivity contribution >= 4 is 33.8 Å². The van der Waals surface area contributed by atoms with Gasteiger partial charge in [-0.1, -0.05) is 0 Å². The van der Waals surface area contributed by atoms with Gasteiger partial charge < -0.3 is 19.9 Å². The number of benzene rings is 1. The summed E-state index contributed by atoms with van der Waals surface area (Å²) in [6.45, 7) is 4.91. The van der Waals surface area contributed by atoms with Crippen molar-refractivity contribution in [2.45, 2.75) is 32.4 Å². The summed E-state index contributed by atoms with van der Waals surface area (Å²) >= 11 is 0. The van der Waals surface area contributed by atoms with Gasteiger partial charge in [-0.2, -0.15) is 5.10 Å². The lowest BCUT2D eigenvalue weighted by Gasteiger charge is -2.25. The summed E-state index contributed by atoms with van der Waals surface area (Å²) < 4.78 is 17.7. The van der Waals surface area contributed by atoms with Crippen molar-refractivity contribution in [3.8, 4) is 0 Å². The molecular formula is C23H26FN7O. The molecule has 32 heavy (non-hydrogen) atoms. The van der Waals surface area contributed by atoms with Gasteiger partial charge >= 0.3 is 0 Å². The Labute approximate surface area is 185 Å². The predicted octanol–water partition coefficient (Wildman–Crippen LogP) is 3.11. The number of hydrogen-bond acceptors (Lipinski definition) is 5. The van der Waals surface area contributed by atoms with Crippen molar-refractivity contribution in [1.29, 1.82) is 0 Å². The van der Waals surface area contributed by atoms with Gasteiger partial charge in [-0.05, 0) is 39.4 Å². The molecule has 1 aliphatic rings. The molecule has 9 heteroatoms. The third-order valence-corrected chi connectivity index (χ3v) is 6.19. The molecule has 8 nitrogen and oxygen atoms in total. The number of halogens is 1. The van der Waals surface area contributed by atoms with Crippen LogP contribution in [0.2, 0.25) is 0 Å². The van der Waals surface area contributed by atoms with Crippen molar-refractivity contribution in [2.24, 2.45) is 7.05 Å². The highest BCUT2D eigenvalue weighted by Gasteiger charge is 2.30. The van der Waals surface area contributed by atoms with E-state index in [1.807, 2.05) is 26.4 Å². The normalized spacial score (nSPS) is 18.7. The average Bonchev–Trinajstić information content (AvgIpc) is 3.42. The van der Waals surface area contributed by atoms with Gasteiger partial charge in [-0.25, -0.2) is 9.37 Å². The number of carbonyl (C=O) groups excluding carboxylic acids is 1. The Bertz CT molecular complexity index is 1340. The van der Waals surface area contributed by atoms with Crippen molar-refractivity contribution < 1.29 is 9.18 Å². The molecule has 0 saturated carbocycles. The van der Waals surface area contributed by atoms with Gasteiger partial charge in [0.2, 0.25) is 0 Å². The van der Waals surface area contributed by atoms with E-state index in [4.69, 9.17) is 0 Å². The summed E-state index contributed by atoms with van der Waals surface area (Å²) in [5.74, 6) is -0.824. The number of carbonyl (C=O) groups is 1. The van der Waals surface area contributed by atoms with E-state index in [-0.39, 0.29) is 11.6 Å². The van der Waals surface area contributed by atoms with Crippen LogP contribution in [0.15, 0.2) is 36.8 Å². The minimum Gasteiger partial charge on any atom is -0.367 e. The first-order valence-electron chi connectivity index (χ1n) is 10.7. The Balaban J connectivity index is 1.50. The number of rotatable bonds is 4. The number of nitrogens with one attached hydrogen (secondary N) is 2. The number of aromatic nitrogens is 4. The van der Waals surface area contributed by atoms with Crippen LogP contribution in [0.25, 0.3) is 16.6 Å². The van der Waals surface area contributed by atoms with Gasteiger partial charge in [0.25, 0.3) is 5.91 Å². The van der Waals surface area contributed by atoms with Gasteiger partial charge in [-0.15, -0.1) is 0 Å². The molecule has 166 valence electrons. The fourth-order valence-corrected chi connectivity index (χ4v) is 4.66. The van der Waals surface area contributed by atoms with Crippen molar-refractivity contribution in [1.82, 2.24) is 24.5 Å². The van der Waals surface area contributed by atoms with Gasteiger partial charge in [0, 0.05) is 61.4 Å². The van der Waals surface area contributed by atoms with Crippen LogP contribution in [0.1, 0.15) is 29.4 Å². The first-order chi connectivity index (χ1) is 15.3. The number of hydrogen-bond donors (Lipinski definition) is 2. The number of fused-ring (bicyclic) bond motifs is 2. The van der Waals surface area contributed by atoms with Crippen LogP contribution in [-0.2, 0) is 7.05 Å². The minimum absolute atomic E-state index is 0.233. The number of anilines is 2. The third kappa shape index (κ3) is 3.38. The van der Waals surface area contributed by atoms with E-state index in [0.717, 1.165) is 24.0 Å². The molecule has 1 saturated heterocycles. The molecular weight excluding hydrogens is 409 g/mol. The molecule has 2 atom stereocenters. The first kappa shape index (κ1) is 20.4. The molecule has 5 rings (SSSR count). The van der Waals surface area contributed by atoms with E-state index in [2.05, 4.69) is 32.5 Å². The maximum absolute atomic E-state index is 14.4. The summed E-state index contributed by atoms with van der Waals surface area (Å²) in [6, 6.07) is 5.87. The summed E-state index contributed by atoms with van der Waals surface area (Å²) in [6.07, 6.45) is 6.38. The molecule has 0 radical (unpaired) electrons. The highest BCUT2D eigenvalue weighted by Crippen LogP contribution is 2.34. The predicted molar refractivity (Wildman–Crippen MR) is 123 cm³/mol. The van der Waals surface area contributed by atoms with E-state index >= 15 is 0 Å². The molecule has 3 aromatic heterocycles. The highest BCUT2D eigenvalue weighted by atomic mass is 19.1. The lowest BCUT2D eigenvalue weighted by atomic mass is 10.1. The lowest BCUT2D eigenvalue weighted by Crippen LogP contribution is -2.31. The first-order valence-corrected chi connectivity index (χ1v) is 10.7. The van der Waals surface area contributed by atoms with Crippen LogP contribution in [0.4, 0.5) is 15.8 Å². The quantitative estimate of drug-likeness (QED) is 0.515. The van der Waals surface area contributed by atoms with Crippen LogP contribution in [0.5, 0.6) is 0 Å². The van der Waals surface area contributed by atoms with Gasteiger partial charge in [0.05, 0.1) is 16.9 Å². The zero-order valence-corrected chi connectivity index (χ0v) is 18.6. The zero-order chi connectivity index (χ0) is 22.6. The number of amides is 1. The van der Waals surface area contributed by atoms with Gasteiger partial charge in [0.1, 0.15) is 5.52 Å². The molecule has 1 aliphatic heterocycles. The highest BCUT2D eigenvalue weighted by molar-refractivity contribution is 6.14. The molecule has 1 fully saturated rings. The fraction of sp³-hybridized carbons (Fsp3) is 0.348. The molecule has 4 heterocycles. The molecule has 0 aliphatic carbocycles. The second kappa shape index (κ2) is 7.59. The zero-order valence-electron chi connectivity index (χ0n) is 18.6. The Morgan fingerprint density at radius 3 is 2.81 bits per heavy atom. The number of likely N-dealkylation sites (N-methyl/N-ethyl adjacent to an activating group) is 1. The van der Waals surface area contributed by atoms with Crippen LogP contribution in [0.3, 0.4) is 0 Å². The average molecular weight is 436 g/mol. The monoisotopic (exact) mass is 435 g/mol. The van der Waals surface area contributed by atoms with Crippen molar-refractivity contribution in [3.05, 3.63) is 53.9 Å². The molecule has 2 N–H and O–H groups in total. The van der Waals surface area contributed by atoms with E-state index in [1.54, 1.807) is 34.5 Å². The van der Waals surface area contributed by atoms with Crippen LogP contribution in [-0.4, -0.2) is 50.7 Å². The Morgan fingerprint density at radius 2 is 2.06 bits per heavy atom. The molecule has 1 amide bonds. The maximum atomic E-state index is 14.4. The van der Waals surface area contributed by atoms with Crippen LogP contribution >= 0.6 is 0 Å². The van der Waals surface area contributed by atoms with E-state index in [0.29, 0.717) is 34.5 Å². The smallest absolute Gasteiger partial charge is 0.257 e. The van der Waals surface area contributed by atoms with E-state index in [1.165, 1.54) is 6.07 Å². The standard InChI is InChI=1S/C23H26FN7O/c1-13-9-30-10-16(8-19(24)22(30)26-13)27-23(32)17-5-6-20(18-12-29(4)28-21(17)18)31-11-15(25-3)7-14(31)2/h5-6,8-10,12,14-15,25H,7,11H2,1-4H3,(H,27,32). The van der Waals surface area contributed by atoms with Crippen LogP contribution < -0.4 is 15.5 Å². The second-order valence-corrected chi connectivity index (χ2v) is 8.56. The van der Waals surface area contributed by atoms with Crippen molar-refractivity contribution in [2.75, 3.05) is 23.8 Å². The number of nitrogens with zero attached hydrogens (tertiary/aromatic N) is 5. The molecule has 0 bridgehead atoms. The molecule has 4 aromatic rings. The van der Waals surface area contributed by atoms with Crippen molar-refractivity contribution in [3.63, 3.8) is 0 Å². The Morgan fingerprint density at radius 1 is 1.25 bits per heavy atom. The summed E-state index contributed by atoms with van der Waals surface area (Å²) in [7, 11) is 3.83. The molecule has 0 spiro atoms. The Kier molecular flexibility index (Phi) is 4.85. The van der Waals surface area contributed by atoms with Gasteiger partial charge in [-0.3, -0.25) is 9.48 Å². The van der Waals surface area contributed by atoms with E-state index < -0.39 is 5.82 Å². The number of imidazole rings is 1. The number of pyridine rings is 1. The fourth-order valence-electron chi connectivity index (χ4n) is 4.66. The van der Waals surface area contributed by atoms with E-state index in [9.17, 15) is 9.18 Å². The number of aryl methyl sites for hydroxylation is 2. The largest absolute Gasteiger partial charge is 0.367 e. The lowest BCUT2D eigenvalue weighted by molar-refractivity contribution is 0.102. The maximum Gasteiger partial charge on any atom is 0.257 e. The minimum atomic E-state index is -0.490. The Hall–Kier alpha value is -3.46. The SMILES string of the molecule is CNC1CC(C)N(c2ccc(C(=O)Nc3cc(F)c4nc(C)cn4c3)c3nn(C)cc23)C1. The molecule has 1 aromatic carbocycles. The second-order valence-electron chi connectivity index (χ2n) is 8.56.